The molecule has 1 heterocycles. The van der Waals surface area contributed by atoms with Gasteiger partial charge in [0.15, 0.2) is 0 Å². The maximum absolute atomic E-state index is 9.06. The number of hydrogen-bond acceptors (Lipinski definition) is 3. The number of aryl methyl sites for hydroxylation is 1. The van der Waals surface area contributed by atoms with Crippen molar-refractivity contribution in [2.75, 3.05) is 0 Å². The van der Waals surface area contributed by atoms with Crippen molar-refractivity contribution in [1.82, 2.24) is 4.98 Å². The van der Waals surface area contributed by atoms with Gasteiger partial charge in [-0.2, -0.15) is 5.26 Å². The van der Waals surface area contributed by atoms with Crippen LogP contribution in [0.25, 0.3) is 10.2 Å². The minimum absolute atomic E-state index is 0.425. The van der Waals surface area contributed by atoms with Crippen molar-refractivity contribution in [2.24, 2.45) is 0 Å². The van der Waals surface area contributed by atoms with E-state index in [0.29, 0.717) is 0 Å². The molecule has 0 bridgehead atoms. The predicted octanol–water partition coefficient (Wildman–Crippen LogP) is 3.41. The van der Waals surface area contributed by atoms with Crippen molar-refractivity contribution in [2.45, 2.75) is 26.2 Å². The van der Waals surface area contributed by atoms with Gasteiger partial charge in [-0.3, -0.25) is 0 Å². The molecular weight excluding hydrogens is 204 g/mol. The van der Waals surface area contributed by atoms with Crippen LogP contribution in [0.4, 0.5) is 0 Å². The molecule has 2 nitrogen and oxygen atoms in total. The molecule has 3 heteroatoms. The summed E-state index contributed by atoms with van der Waals surface area (Å²) in [6.07, 6.45) is 0. The van der Waals surface area contributed by atoms with E-state index in [1.165, 1.54) is 0 Å². The zero-order chi connectivity index (χ0) is 11.1. The lowest BCUT2D eigenvalue weighted by molar-refractivity contribution is 0.688. The molecule has 0 saturated heterocycles. The van der Waals surface area contributed by atoms with Crippen molar-refractivity contribution < 1.29 is 0 Å². The van der Waals surface area contributed by atoms with E-state index in [1.54, 1.807) is 11.3 Å². The Bertz CT molecular complexity index is 546. The predicted molar refractivity (Wildman–Crippen MR) is 63.0 cm³/mol. The number of fused-ring (bicyclic) bond motifs is 1. The lowest BCUT2D eigenvalue weighted by atomic mass is 9.86. The average Bonchev–Trinajstić information content (AvgIpc) is 2.56. The summed E-state index contributed by atoms with van der Waals surface area (Å²) in [4.78, 5) is 4.40. The third-order valence-electron chi connectivity index (χ3n) is 2.50. The highest BCUT2D eigenvalue weighted by atomic mass is 32.1. The van der Waals surface area contributed by atoms with E-state index in [2.05, 4.69) is 17.1 Å². The first-order valence-electron chi connectivity index (χ1n) is 4.82. The second kappa shape index (κ2) is 3.32. The van der Waals surface area contributed by atoms with Crippen molar-refractivity contribution in [3.63, 3.8) is 0 Å². The minimum Gasteiger partial charge on any atom is -0.242 e. The Kier molecular flexibility index (Phi) is 2.24. The van der Waals surface area contributed by atoms with Crippen molar-refractivity contribution in [3.8, 4) is 6.07 Å². The third-order valence-corrected chi connectivity index (χ3v) is 3.43. The van der Waals surface area contributed by atoms with Gasteiger partial charge < -0.3 is 0 Å². The molecule has 2 aromatic rings. The third kappa shape index (κ3) is 1.73. The lowest BCUT2D eigenvalue weighted by Gasteiger charge is -2.15. The van der Waals surface area contributed by atoms with E-state index in [0.717, 1.165) is 20.8 Å². The van der Waals surface area contributed by atoms with Crippen molar-refractivity contribution in [3.05, 3.63) is 28.8 Å². The van der Waals surface area contributed by atoms with Crippen LogP contribution in [0.15, 0.2) is 18.2 Å². The van der Waals surface area contributed by atoms with Crippen LogP contribution in [0, 0.1) is 18.3 Å². The molecule has 0 aliphatic rings. The molecule has 1 aromatic heterocycles. The Morgan fingerprint density at radius 1 is 1.40 bits per heavy atom. The number of hydrogen-bond donors (Lipinski definition) is 0. The summed E-state index contributed by atoms with van der Waals surface area (Å²) >= 11 is 1.67. The van der Waals surface area contributed by atoms with Crippen LogP contribution in [0.3, 0.4) is 0 Å². The highest BCUT2D eigenvalue weighted by Gasteiger charge is 2.20. The molecule has 0 unspecified atom stereocenters. The summed E-state index contributed by atoms with van der Waals surface area (Å²) in [5.74, 6) is 0. The number of aromatic nitrogens is 1. The fourth-order valence-corrected chi connectivity index (χ4v) is 2.36. The first-order chi connectivity index (χ1) is 7.03. The molecule has 0 aliphatic heterocycles. The Labute approximate surface area is 93.2 Å². The molecule has 0 N–H and O–H groups in total. The second-order valence-electron chi connectivity index (χ2n) is 4.15. The fourth-order valence-electron chi connectivity index (χ4n) is 1.49. The standard InChI is InChI=1S/C12H12N2S/c1-8-14-10-5-4-9(6-11(10)15-8)12(2,3)7-13/h4-6H,1-3H3. The van der Waals surface area contributed by atoms with E-state index in [4.69, 9.17) is 5.26 Å². The highest BCUT2D eigenvalue weighted by Crippen LogP contribution is 2.28. The summed E-state index contributed by atoms with van der Waals surface area (Å²) in [7, 11) is 0. The molecule has 0 saturated carbocycles. The summed E-state index contributed by atoms with van der Waals surface area (Å²) in [6, 6.07) is 8.37. The molecule has 0 spiro atoms. The van der Waals surface area contributed by atoms with E-state index in [1.807, 2.05) is 32.9 Å². The first-order valence-corrected chi connectivity index (χ1v) is 5.63. The summed E-state index contributed by atoms with van der Waals surface area (Å²) < 4.78 is 1.16. The second-order valence-corrected chi connectivity index (χ2v) is 5.39. The van der Waals surface area contributed by atoms with Crippen LogP contribution >= 0.6 is 11.3 Å². The smallest absolute Gasteiger partial charge is 0.0907 e. The molecule has 15 heavy (non-hydrogen) atoms. The maximum atomic E-state index is 9.06. The Hall–Kier alpha value is -1.40. The van der Waals surface area contributed by atoms with Gasteiger partial charge in [-0.05, 0) is 38.5 Å². The van der Waals surface area contributed by atoms with Crippen LogP contribution in [0.1, 0.15) is 24.4 Å². The molecule has 0 aliphatic carbocycles. The topological polar surface area (TPSA) is 36.7 Å². The summed E-state index contributed by atoms with van der Waals surface area (Å²) in [5.41, 5.74) is 1.66. The highest BCUT2D eigenvalue weighted by molar-refractivity contribution is 7.18. The number of thiazole rings is 1. The largest absolute Gasteiger partial charge is 0.242 e. The van der Waals surface area contributed by atoms with Gasteiger partial charge in [-0.15, -0.1) is 11.3 Å². The molecule has 0 amide bonds. The first kappa shape index (κ1) is 10.1. The van der Waals surface area contributed by atoms with Crippen molar-refractivity contribution >= 4 is 21.6 Å². The van der Waals surface area contributed by atoms with E-state index in [9.17, 15) is 0 Å². The van der Waals surface area contributed by atoms with Gasteiger partial charge >= 0.3 is 0 Å². The SMILES string of the molecule is Cc1nc2ccc(C(C)(C)C#N)cc2s1. The van der Waals surface area contributed by atoms with Crippen LogP contribution in [-0.4, -0.2) is 4.98 Å². The number of benzene rings is 1. The number of nitriles is 1. The Balaban J connectivity index is 2.62. The van der Waals surface area contributed by atoms with Gasteiger partial charge in [0.2, 0.25) is 0 Å². The van der Waals surface area contributed by atoms with Gasteiger partial charge in [0.1, 0.15) is 0 Å². The minimum atomic E-state index is -0.425. The fraction of sp³-hybridized carbons (Fsp3) is 0.333. The zero-order valence-electron chi connectivity index (χ0n) is 9.03. The zero-order valence-corrected chi connectivity index (χ0v) is 9.85. The maximum Gasteiger partial charge on any atom is 0.0907 e. The Morgan fingerprint density at radius 3 is 2.80 bits per heavy atom. The van der Waals surface area contributed by atoms with E-state index in [-0.39, 0.29) is 0 Å². The van der Waals surface area contributed by atoms with Crippen LogP contribution in [0.2, 0.25) is 0 Å². The molecular formula is C12H12N2S. The normalized spacial score (nSPS) is 11.6. The average molecular weight is 216 g/mol. The molecule has 0 atom stereocenters. The molecule has 1 aromatic carbocycles. The van der Waals surface area contributed by atoms with Gasteiger partial charge in [0, 0.05) is 0 Å². The molecule has 0 radical (unpaired) electrons. The van der Waals surface area contributed by atoms with E-state index >= 15 is 0 Å². The summed E-state index contributed by atoms with van der Waals surface area (Å²) in [6.45, 7) is 5.86. The van der Waals surface area contributed by atoms with Crippen LogP contribution < -0.4 is 0 Å². The number of rotatable bonds is 1. The van der Waals surface area contributed by atoms with Crippen LogP contribution in [-0.2, 0) is 5.41 Å². The molecule has 76 valence electrons. The Morgan fingerprint density at radius 2 is 2.13 bits per heavy atom. The van der Waals surface area contributed by atoms with Gasteiger partial charge in [0.05, 0.1) is 26.7 Å². The van der Waals surface area contributed by atoms with Gasteiger partial charge in [-0.25, -0.2) is 4.98 Å². The molecule has 2 rings (SSSR count). The van der Waals surface area contributed by atoms with Crippen molar-refractivity contribution in [1.29, 1.82) is 5.26 Å². The van der Waals surface area contributed by atoms with Gasteiger partial charge in [0.25, 0.3) is 0 Å². The van der Waals surface area contributed by atoms with Crippen LogP contribution in [0.5, 0.6) is 0 Å². The molecule has 0 fully saturated rings. The monoisotopic (exact) mass is 216 g/mol. The lowest BCUT2D eigenvalue weighted by Crippen LogP contribution is -2.13. The quantitative estimate of drug-likeness (QED) is 0.732. The van der Waals surface area contributed by atoms with Gasteiger partial charge in [-0.1, -0.05) is 6.07 Å². The number of nitrogens with zero attached hydrogens (tertiary/aromatic N) is 2. The summed E-state index contributed by atoms with van der Waals surface area (Å²) in [5, 5.41) is 10.1. The van der Waals surface area contributed by atoms with E-state index < -0.39 is 5.41 Å².